The molecular weight excluding hydrogens is 222 g/mol. The van der Waals surface area contributed by atoms with E-state index in [9.17, 15) is 4.79 Å². The van der Waals surface area contributed by atoms with Crippen molar-refractivity contribution in [3.8, 4) is 6.07 Å². The van der Waals surface area contributed by atoms with Gasteiger partial charge in [0.1, 0.15) is 24.1 Å². The minimum Gasteiger partial charge on any atom is -0.480 e. The van der Waals surface area contributed by atoms with E-state index in [-0.39, 0.29) is 12.2 Å². The summed E-state index contributed by atoms with van der Waals surface area (Å²) < 4.78 is 4.90. The molecule has 0 aliphatic heterocycles. The van der Waals surface area contributed by atoms with Gasteiger partial charge in [0.15, 0.2) is 0 Å². The molecule has 0 radical (unpaired) electrons. The maximum Gasteiger partial charge on any atom is 0.323 e. The van der Waals surface area contributed by atoms with Gasteiger partial charge in [-0.15, -0.1) is 0 Å². The maximum atomic E-state index is 10.7. The molecule has 0 bridgehead atoms. The Balaban J connectivity index is 2.87. The van der Waals surface area contributed by atoms with Crippen molar-refractivity contribution in [2.75, 3.05) is 31.7 Å². The summed E-state index contributed by atoms with van der Waals surface area (Å²) in [5.74, 6) is -0.492. The van der Waals surface area contributed by atoms with E-state index in [0.29, 0.717) is 19.0 Å². The molecular formula is C11H13N3O3. The van der Waals surface area contributed by atoms with Crippen LogP contribution in [0.25, 0.3) is 0 Å². The molecule has 0 aliphatic rings. The predicted octanol–water partition coefficient (Wildman–Crippen LogP) is 0.491. The number of aromatic nitrogens is 1. The molecule has 17 heavy (non-hydrogen) atoms. The number of nitriles is 1. The van der Waals surface area contributed by atoms with Gasteiger partial charge in [-0.3, -0.25) is 4.79 Å². The third-order valence-corrected chi connectivity index (χ3v) is 2.06. The number of ether oxygens (including phenoxy) is 1. The molecule has 0 aromatic carbocycles. The van der Waals surface area contributed by atoms with Crippen molar-refractivity contribution in [1.82, 2.24) is 4.98 Å². The van der Waals surface area contributed by atoms with Gasteiger partial charge in [-0.25, -0.2) is 4.98 Å². The zero-order valence-electron chi connectivity index (χ0n) is 9.46. The molecule has 1 rings (SSSR count). The standard InChI is InChI=1S/C11H13N3O3/c1-17-6-5-14(8-11(15)16)10-4-2-3-9(7-12)13-10/h2-4H,5-6,8H2,1H3,(H,15,16). The first-order valence-electron chi connectivity index (χ1n) is 5.00. The highest BCUT2D eigenvalue weighted by Gasteiger charge is 2.12. The first-order valence-corrected chi connectivity index (χ1v) is 5.00. The van der Waals surface area contributed by atoms with Crippen LogP contribution in [0.4, 0.5) is 5.82 Å². The average molecular weight is 235 g/mol. The number of carboxylic acids is 1. The van der Waals surface area contributed by atoms with Crippen LogP contribution in [0, 0.1) is 11.3 Å². The number of methoxy groups -OCH3 is 1. The molecule has 90 valence electrons. The largest absolute Gasteiger partial charge is 0.480 e. The fourth-order valence-corrected chi connectivity index (χ4v) is 1.30. The van der Waals surface area contributed by atoms with Gasteiger partial charge < -0.3 is 14.7 Å². The Hall–Kier alpha value is -2.13. The number of anilines is 1. The molecule has 1 heterocycles. The van der Waals surface area contributed by atoms with Crippen molar-refractivity contribution in [2.24, 2.45) is 0 Å². The lowest BCUT2D eigenvalue weighted by Gasteiger charge is -2.21. The van der Waals surface area contributed by atoms with Crippen LogP contribution in [0.5, 0.6) is 0 Å². The Kier molecular flexibility index (Phi) is 4.91. The smallest absolute Gasteiger partial charge is 0.323 e. The van der Waals surface area contributed by atoms with Gasteiger partial charge in [0.25, 0.3) is 0 Å². The van der Waals surface area contributed by atoms with Crippen molar-refractivity contribution >= 4 is 11.8 Å². The number of hydrogen-bond acceptors (Lipinski definition) is 5. The zero-order chi connectivity index (χ0) is 12.7. The van der Waals surface area contributed by atoms with E-state index in [2.05, 4.69) is 4.98 Å². The first-order chi connectivity index (χ1) is 8.17. The van der Waals surface area contributed by atoms with Crippen LogP contribution in [0.2, 0.25) is 0 Å². The quantitative estimate of drug-likeness (QED) is 0.772. The second kappa shape index (κ2) is 6.45. The minimum atomic E-state index is -0.953. The second-order valence-corrected chi connectivity index (χ2v) is 3.30. The lowest BCUT2D eigenvalue weighted by atomic mass is 10.3. The molecule has 1 aromatic rings. The topological polar surface area (TPSA) is 86.5 Å². The first kappa shape index (κ1) is 12.9. The molecule has 0 aliphatic carbocycles. The maximum absolute atomic E-state index is 10.7. The number of hydrogen-bond donors (Lipinski definition) is 1. The van der Waals surface area contributed by atoms with E-state index < -0.39 is 5.97 Å². The van der Waals surface area contributed by atoms with Crippen molar-refractivity contribution in [3.63, 3.8) is 0 Å². The van der Waals surface area contributed by atoms with Gasteiger partial charge in [-0.1, -0.05) is 6.07 Å². The molecule has 0 saturated heterocycles. The SMILES string of the molecule is COCCN(CC(=O)O)c1cccc(C#N)n1. The third kappa shape index (κ3) is 4.09. The lowest BCUT2D eigenvalue weighted by molar-refractivity contribution is -0.135. The highest BCUT2D eigenvalue weighted by atomic mass is 16.5. The number of aliphatic carboxylic acids is 1. The molecule has 0 spiro atoms. The number of carbonyl (C=O) groups is 1. The van der Waals surface area contributed by atoms with E-state index in [0.717, 1.165) is 0 Å². The Morgan fingerprint density at radius 3 is 3.00 bits per heavy atom. The van der Waals surface area contributed by atoms with E-state index in [1.807, 2.05) is 6.07 Å². The summed E-state index contributed by atoms with van der Waals surface area (Å²) in [6.45, 7) is 0.627. The summed E-state index contributed by atoms with van der Waals surface area (Å²) in [7, 11) is 1.54. The molecule has 0 amide bonds. The number of nitrogens with zero attached hydrogens (tertiary/aromatic N) is 3. The monoisotopic (exact) mass is 235 g/mol. The summed E-state index contributed by atoms with van der Waals surface area (Å²) in [6, 6.07) is 6.82. The van der Waals surface area contributed by atoms with Crippen LogP contribution < -0.4 is 4.90 Å². The fourth-order valence-electron chi connectivity index (χ4n) is 1.30. The van der Waals surface area contributed by atoms with Crippen LogP contribution in [-0.2, 0) is 9.53 Å². The van der Waals surface area contributed by atoms with Crippen LogP contribution in [0.3, 0.4) is 0 Å². The predicted molar refractivity (Wildman–Crippen MR) is 60.7 cm³/mol. The normalized spacial score (nSPS) is 9.65. The molecule has 6 nitrogen and oxygen atoms in total. The van der Waals surface area contributed by atoms with Crippen molar-refractivity contribution < 1.29 is 14.6 Å². The van der Waals surface area contributed by atoms with Crippen molar-refractivity contribution in [3.05, 3.63) is 23.9 Å². The Bertz CT molecular complexity index is 428. The van der Waals surface area contributed by atoms with Crippen LogP contribution in [0.15, 0.2) is 18.2 Å². The number of rotatable bonds is 6. The average Bonchev–Trinajstić information content (AvgIpc) is 2.34. The number of pyridine rings is 1. The fraction of sp³-hybridized carbons (Fsp3) is 0.364. The van der Waals surface area contributed by atoms with Gasteiger partial charge in [-0.05, 0) is 12.1 Å². The van der Waals surface area contributed by atoms with Crippen molar-refractivity contribution in [1.29, 1.82) is 5.26 Å². The van der Waals surface area contributed by atoms with Gasteiger partial charge in [0.05, 0.1) is 6.61 Å². The summed E-state index contributed by atoms with van der Waals surface area (Å²) in [5, 5.41) is 17.5. The number of carboxylic acid groups (broad SMARTS) is 1. The van der Waals surface area contributed by atoms with Gasteiger partial charge in [-0.2, -0.15) is 5.26 Å². The molecule has 6 heteroatoms. The van der Waals surface area contributed by atoms with Crippen LogP contribution >= 0.6 is 0 Å². The van der Waals surface area contributed by atoms with E-state index in [4.69, 9.17) is 15.1 Å². The van der Waals surface area contributed by atoms with Gasteiger partial charge >= 0.3 is 5.97 Å². The van der Waals surface area contributed by atoms with Gasteiger partial charge in [0.2, 0.25) is 0 Å². The summed E-state index contributed by atoms with van der Waals surface area (Å²) in [4.78, 5) is 16.3. The Morgan fingerprint density at radius 1 is 1.65 bits per heavy atom. The minimum absolute atomic E-state index is 0.175. The summed E-state index contributed by atoms with van der Waals surface area (Å²) in [6.07, 6.45) is 0. The zero-order valence-corrected chi connectivity index (χ0v) is 9.46. The van der Waals surface area contributed by atoms with E-state index in [1.54, 1.807) is 23.1 Å². The third-order valence-electron chi connectivity index (χ3n) is 2.06. The molecule has 1 aromatic heterocycles. The summed E-state index contributed by atoms with van der Waals surface area (Å²) in [5.41, 5.74) is 0.260. The van der Waals surface area contributed by atoms with Gasteiger partial charge in [0, 0.05) is 13.7 Å². The Morgan fingerprint density at radius 2 is 2.41 bits per heavy atom. The highest BCUT2D eigenvalue weighted by molar-refractivity contribution is 5.73. The van der Waals surface area contributed by atoms with Crippen molar-refractivity contribution in [2.45, 2.75) is 0 Å². The van der Waals surface area contributed by atoms with Crippen LogP contribution in [0.1, 0.15) is 5.69 Å². The van der Waals surface area contributed by atoms with Crippen LogP contribution in [-0.4, -0.2) is 42.9 Å². The molecule has 0 fully saturated rings. The van der Waals surface area contributed by atoms with E-state index >= 15 is 0 Å². The Labute approximate surface area is 99.1 Å². The molecule has 0 unspecified atom stereocenters. The summed E-state index contributed by atoms with van der Waals surface area (Å²) >= 11 is 0. The van der Waals surface area contributed by atoms with E-state index in [1.165, 1.54) is 7.11 Å². The highest BCUT2D eigenvalue weighted by Crippen LogP contribution is 2.10. The second-order valence-electron chi connectivity index (χ2n) is 3.30. The molecule has 1 N–H and O–H groups in total. The molecule has 0 saturated carbocycles. The molecule has 0 atom stereocenters. The lowest BCUT2D eigenvalue weighted by Crippen LogP contribution is -2.33.